The van der Waals surface area contributed by atoms with Crippen molar-refractivity contribution in [3.63, 3.8) is 0 Å². The van der Waals surface area contributed by atoms with Crippen LogP contribution in [0.15, 0.2) is 55.0 Å². The molecule has 5 rings (SSSR count). The van der Waals surface area contributed by atoms with Crippen molar-refractivity contribution in [2.75, 3.05) is 38.3 Å². The fourth-order valence-corrected chi connectivity index (χ4v) is 3.71. The Hall–Kier alpha value is -3.45. The van der Waals surface area contributed by atoms with Crippen molar-refractivity contribution in [2.45, 2.75) is 0 Å². The summed E-state index contributed by atoms with van der Waals surface area (Å²) in [5.41, 5.74) is 4.99. The number of methoxy groups -OCH3 is 1. The Labute approximate surface area is 168 Å². The van der Waals surface area contributed by atoms with Gasteiger partial charge in [-0.2, -0.15) is 5.10 Å². The highest BCUT2D eigenvalue weighted by Gasteiger charge is 2.16. The quantitative estimate of drug-likeness (QED) is 0.577. The van der Waals surface area contributed by atoms with Crippen LogP contribution in [0.2, 0.25) is 0 Å². The molecule has 7 heteroatoms. The second-order valence-electron chi connectivity index (χ2n) is 6.91. The zero-order chi connectivity index (χ0) is 19.6. The van der Waals surface area contributed by atoms with E-state index >= 15 is 0 Å². The van der Waals surface area contributed by atoms with Crippen LogP contribution in [0, 0.1) is 0 Å². The van der Waals surface area contributed by atoms with Crippen molar-refractivity contribution in [2.24, 2.45) is 0 Å². The van der Waals surface area contributed by atoms with Gasteiger partial charge in [-0.15, -0.1) is 0 Å². The van der Waals surface area contributed by atoms with Crippen molar-refractivity contribution in [3.8, 4) is 28.1 Å². The molecule has 1 aliphatic rings. The number of benzene rings is 1. The predicted molar refractivity (Wildman–Crippen MR) is 112 cm³/mol. The average Bonchev–Trinajstić information content (AvgIpc) is 3.23. The first-order valence-electron chi connectivity index (χ1n) is 9.59. The maximum absolute atomic E-state index is 5.48. The molecule has 0 aliphatic carbocycles. The highest BCUT2D eigenvalue weighted by molar-refractivity contribution is 5.96. The Bertz CT molecular complexity index is 1150. The van der Waals surface area contributed by atoms with E-state index in [-0.39, 0.29) is 0 Å². The van der Waals surface area contributed by atoms with Gasteiger partial charge in [0.1, 0.15) is 17.3 Å². The Morgan fingerprint density at radius 3 is 2.79 bits per heavy atom. The van der Waals surface area contributed by atoms with E-state index in [1.54, 1.807) is 19.5 Å². The third kappa shape index (κ3) is 3.30. The Morgan fingerprint density at radius 2 is 1.93 bits per heavy atom. The molecule has 1 aromatic carbocycles. The first kappa shape index (κ1) is 17.6. The first-order valence-corrected chi connectivity index (χ1v) is 9.59. The number of pyridine rings is 2. The molecular weight excluding hydrogens is 366 g/mol. The lowest BCUT2D eigenvalue weighted by atomic mass is 10.0. The highest BCUT2D eigenvalue weighted by atomic mass is 16.5. The van der Waals surface area contributed by atoms with E-state index in [0.717, 1.165) is 71.2 Å². The standard InChI is InChI=1S/C22H21N5O2/c1-28-20-14-23-6-5-17(20)15-2-3-19-18(12-15)22(26-25-19)16-4-7-24-21(13-16)27-8-10-29-11-9-27/h2-7,12-14H,8-11H2,1H3,(H,25,26). The van der Waals surface area contributed by atoms with Crippen LogP contribution in [-0.2, 0) is 4.74 Å². The fraction of sp³-hybridized carbons (Fsp3) is 0.227. The summed E-state index contributed by atoms with van der Waals surface area (Å²) in [6, 6.07) is 12.3. The molecule has 4 aromatic rings. The first-order chi connectivity index (χ1) is 14.3. The molecule has 0 spiro atoms. The van der Waals surface area contributed by atoms with Gasteiger partial charge >= 0.3 is 0 Å². The molecule has 0 unspecified atom stereocenters. The molecule has 29 heavy (non-hydrogen) atoms. The molecule has 0 radical (unpaired) electrons. The number of H-pyrrole nitrogens is 1. The number of morpholine rings is 1. The van der Waals surface area contributed by atoms with E-state index in [9.17, 15) is 0 Å². The zero-order valence-electron chi connectivity index (χ0n) is 16.1. The van der Waals surface area contributed by atoms with Gasteiger partial charge in [-0.1, -0.05) is 6.07 Å². The number of nitrogens with one attached hydrogen (secondary N) is 1. The third-order valence-electron chi connectivity index (χ3n) is 5.23. The second-order valence-corrected chi connectivity index (χ2v) is 6.91. The van der Waals surface area contributed by atoms with Crippen molar-refractivity contribution >= 4 is 16.7 Å². The number of hydrogen-bond donors (Lipinski definition) is 1. The summed E-state index contributed by atoms with van der Waals surface area (Å²) in [6.45, 7) is 3.16. The molecule has 0 atom stereocenters. The van der Waals surface area contributed by atoms with Crippen LogP contribution in [0.4, 0.5) is 5.82 Å². The largest absolute Gasteiger partial charge is 0.494 e. The lowest BCUT2D eigenvalue weighted by Gasteiger charge is -2.27. The molecule has 3 aromatic heterocycles. The van der Waals surface area contributed by atoms with Crippen LogP contribution in [0.3, 0.4) is 0 Å². The van der Waals surface area contributed by atoms with Crippen LogP contribution < -0.4 is 9.64 Å². The van der Waals surface area contributed by atoms with Crippen molar-refractivity contribution < 1.29 is 9.47 Å². The van der Waals surface area contributed by atoms with Gasteiger partial charge in [-0.25, -0.2) is 4.98 Å². The second kappa shape index (κ2) is 7.52. The maximum Gasteiger partial charge on any atom is 0.144 e. The van der Waals surface area contributed by atoms with Gasteiger partial charge in [0.05, 0.1) is 32.0 Å². The number of ether oxygens (including phenoxy) is 2. The molecule has 1 aliphatic heterocycles. The molecule has 0 amide bonds. The fourth-order valence-electron chi connectivity index (χ4n) is 3.71. The summed E-state index contributed by atoms with van der Waals surface area (Å²) in [5, 5.41) is 8.79. The summed E-state index contributed by atoms with van der Waals surface area (Å²) in [5.74, 6) is 1.70. The van der Waals surface area contributed by atoms with Crippen molar-refractivity contribution in [3.05, 3.63) is 55.0 Å². The van der Waals surface area contributed by atoms with Crippen LogP contribution in [-0.4, -0.2) is 53.6 Å². The summed E-state index contributed by atoms with van der Waals surface area (Å²) >= 11 is 0. The van der Waals surface area contributed by atoms with Gasteiger partial charge in [0.2, 0.25) is 0 Å². The Morgan fingerprint density at radius 1 is 1.03 bits per heavy atom. The summed E-state index contributed by atoms with van der Waals surface area (Å²) in [7, 11) is 1.66. The minimum absolute atomic E-state index is 0.731. The number of fused-ring (bicyclic) bond motifs is 1. The minimum Gasteiger partial charge on any atom is -0.494 e. The third-order valence-corrected chi connectivity index (χ3v) is 5.23. The average molecular weight is 387 g/mol. The number of aromatic amines is 1. The van der Waals surface area contributed by atoms with E-state index in [1.165, 1.54) is 0 Å². The normalized spacial score (nSPS) is 14.3. The Kier molecular flexibility index (Phi) is 4.57. The molecular formula is C22H21N5O2. The molecule has 1 saturated heterocycles. The molecule has 4 heterocycles. The molecule has 1 N–H and O–H groups in total. The lowest BCUT2D eigenvalue weighted by Crippen LogP contribution is -2.36. The molecule has 146 valence electrons. The van der Waals surface area contributed by atoms with E-state index in [0.29, 0.717) is 0 Å². The monoisotopic (exact) mass is 387 g/mol. The van der Waals surface area contributed by atoms with Crippen molar-refractivity contribution in [1.29, 1.82) is 0 Å². The van der Waals surface area contributed by atoms with Crippen LogP contribution in [0.25, 0.3) is 33.3 Å². The highest BCUT2D eigenvalue weighted by Crippen LogP contribution is 2.34. The summed E-state index contributed by atoms with van der Waals surface area (Å²) < 4.78 is 10.9. The van der Waals surface area contributed by atoms with Gasteiger partial charge in [0.25, 0.3) is 0 Å². The van der Waals surface area contributed by atoms with Crippen LogP contribution in [0.1, 0.15) is 0 Å². The lowest BCUT2D eigenvalue weighted by molar-refractivity contribution is 0.122. The van der Waals surface area contributed by atoms with Gasteiger partial charge in [-0.05, 0) is 35.9 Å². The van der Waals surface area contributed by atoms with Crippen LogP contribution in [0.5, 0.6) is 5.75 Å². The van der Waals surface area contributed by atoms with Gasteiger partial charge in [-0.3, -0.25) is 10.1 Å². The van der Waals surface area contributed by atoms with Gasteiger partial charge < -0.3 is 14.4 Å². The SMILES string of the molecule is COc1cnccc1-c1ccc2[nH]nc(-c3ccnc(N4CCOCC4)c3)c2c1. The smallest absolute Gasteiger partial charge is 0.144 e. The number of rotatable bonds is 4. The number of nitrogens with zero attached hydrogens (tertiary/aromatic N) is 4. The van der Waals surface area contributed by atoms with Crippen molar-refractivity contribution in [1.82, 2.24) is 20.2 Å². The van der Waals surface area contributed by atoms with E-state index in [2.05, 4.69) is 43.3 Å². The van der Waals surface area contributed by atoms with E-state index in [1.807, 2.05) is 24.4 Å². The number of aromatic nitrogens is 4. The molecule has 7 nitrogen and oxygen atoms in total. The van der Waals surface area contributed by atoms with E-state index in [4.69, 9.17) is 9.47 Å². The number of anilines is 1. The molecule has 0 bridgehead atoms. The summed E-state index contributed by atoms with van der Waals surface area (Å²) in [6.07, 6.45) is 5.35. The summed E-state index contributed by atoms with van der Waals surface area (Å²) in [4.78, 5) is 10.9. The van der Waals surface area contributed by atoms with Crippen LogP contribution >= 0.6 is 0 Å². The molecule has 1 fully saturated rings. The molecule has 0 saturated carbocycles. The topological polar surface area (TPSA) is 76.2 Å². The van der Waals surface area contributed by atoms with Gasteiger partial charge in [0, 0.05) is 42.0 Å². The maximum atomic E-state index is 5.48. The van der Waals surface area contributed by atoms with Gasteiger partial charge in [0.15, 0.2) is 0 Å². The minimum atomic E-state index is 0.731. The van der Waals surface area contributed by atoms with E-state index < -0.39 is 0 Å². The number of hydrogen-bond acceptors (Lipinski definition) is 6. The predicted octanol–water partition coefficient (Wildman–Crippen LogP) is 3.53. The Balaban J connectivity index is 1.58. The zero-order valence-corrected chi connectivity index (χ0v) is 16.1.